The number of esters is 1. The van der Waals surface area contributed by atoms with Crippen LogP contribution >= 0.6 is 11.8 Å². The van der Waals surface area contributed by atoms with E-state index in [1.165, 1.54) is 11.8 Å². The van der Waals surface area contributed by atoms with Gasteiger partial charge in [-0.2, -0.15) is 0 Å². The molecule has 0 unspecified atom stereocenters. The van der Waals surface area contributed by atoms with Crippen molar-refractivity contribution in [3.8, 4) is 6.07 Å². The van der Waals surface area contributed by atoms with Gasteiger partial charge in [0.05, 0.1) is 0 Å². The second-order valence-corrected chi connectivity index (χ2v) is 6.08. The van der Waals surface area contributed by atoms with Gasteiger partial charge < -0.3 is 0 Å². The summed E-state index contributed by atoms with van der Waals surface area (Å²) in [4.78, 5) is 11.5. The van der Waals surface area contributed by atoms with Crippen LogP contribution in [0.4, 0.5) is 5.69 Å². The Balaban J connectivity index is 3.16. The molecule has 80 valence electrons. The first kappa shape index (κ1) is 12.2. The summed E-state index contributed by atoms with van der Waals surface area (Å²) in [6.07, 6.45) is 1.87. The summed E-state index contributed by atoms with van der Waals surface area (Å²) in [7, 11) is 0. The van der Waals surface area contributed by atoms with E-state index < -0.39 is 5.97 Å². The van der Waals surface area contributed by atoms with Crippen molar-refractivity contribution >= 4 is 37.9 Å². The molecule has 15 heavy (non-hydrogen) atoms. The van der Waals surface area contributed by atoms with E-state index in [1.54, 1.807) is 6.92 Å². The summed E-state index contributed by atoms with van der Waals surface area (Å²) < 4.78 is 6.23. The van der Waals surface area contributed by atoms with E-state index in [0.29, 0.717) is 22.3 Å². The molecule has 0 bridgehead atoms. The van der Waals surface area contributed by atoms with E-state index >= 15 is 0 Å². The molecule has 1 heterocycles. The first-order valence-corrected chi connectivity index (χ1v) is 7.12. The molecular weight excluding hydrogens is 279 g/mol. The number of nitrogen functional groups attached to an aromatic ring is 1. The van der Waals surface area contributed by atoms with Gasteiger partial charge in [0.2, 0.25) is 0 Å². The number of anilines is 1. The van der Waals surface area contributed by atoms with Crippen LogP contribution in [0.5, 0.6) is 0 Å². The Kier molecular flexibility index (Phi) is 4.27. The molecule has 1 aromatic rings. The van der Waals surface area contributed by atoms with Crippen molar-refractivity contribution < 1.29 is 9.53 Å². The van der Waals surface area contributed by atoms with E-state index in [1.807, 2.05) is 12.3 Å². The Morgan fingerprint density at radius 1 is 1.73 bits per heavy atom. The number of carbonyl (C=O) groups excluding carboxylic acids is 1. The molecule has 0 aliphatic rings. The van der Waals surface area contributed by atoms with E-state index in [4.69, 9.17) is 15.7 Å². The third-order valence-corrected chi connectivity index (χ3v) is 5.78. The second-order valence-electron chi connectivity index (χ2n) is 2.54. The molecule has 0 saturated heterocycles. The van der Waals surface area contributed by atoms with Gasteiger partial charge in [0, 0.05) is 0 Å². The summed E-state index contributed by atoms with van der Waals surface area (Å²) in [5.41, 5.74) is 6.46. The topological polar surface area (TPSA) is 76.1 Å². The molecule has 0 atom stereocenters. The number of nitrogens with zero attached hydrogens (tertiary/aromatic N) is 1. The number of nitrogens with two attached hydrogens (primary N) is 1. The molecule has 0 radical (unpaired) electrons. The predicted molar refractivity (Wildman–Crippen MR) is 60.2 cm³/mol. The Morgan fingerprint density at radius 3 is 2.80 bits per heavy atom. The van der Waals surface area contributed by atoms with Crippen LogP contribution in [0.15, 0.2) is 3.77 Å². The monoisotopic (exact) mass is 290 g/mol. The molecule has 0 saturated carbocycles. The van der Waals surface area contributed by atoms with E-state index in [2.05, 4.69) is 0 Å². The standard InChI is InChI=1S/C9H10N2O2SSe/c1-3-13-8(12)7-6(11)5(4-10)9(14-2)15-7/h3,11H2,1-2H3. The fourth-order valence-corrected chi connectivity index (χ4v) is 4.09. The van der Waals surface area contributed by atoms with Crippen molar-refractivity contribution in [3.05, 3.63) is 10.0 Å². The van der Waals surface area contributed by atoms with Crippen LogP contribution in [-0.4, -0.2) is 33.3 Å². The molecule has 2 N–H and O–H groups in total. The summed E-state index contributed by atoms with van der Waals surface area (Å²) in [6.45, 7) is 2.06. The molecule has 1 rings (SSSR count). The van der Waals surface area contributed by atoms with Crippen LogP contribution in [-0.2, 0) is 4.74 Å². The van der Waals surface area contributed by atoms with Crippen LogP contribution in [0, 0.1) is 11.3 Å². The molecule has 1 aromatic heterocycles. The average molecular weight is 289 g/mol. The number of thioether (sulfide) groups is 1. The third-order valence-electron chi connectivity index (χ3n) is 1.67. The van der Waals surface area contributed by atoms with Crippen molar-refractivity contribution in [1.29, 1.82) is 5.26 Å². The zero-order valence-electron chi connectivity index (χ0n) is 8.36. The number of nitriles is 1. The summed E-state index contributed by atoms with van der Waals surface area (Å²) in [6, 6.07) is 2.03. The maximum absolute atomic E-state index is 11.5. The summed E-state index contributed by atoms with van der Waals surface area (Å²) >= 11 is 1.28. The Bertz CT molecular complexity index is 422. The van der Waals surface area contributed by atoms with Crippen molar-refractivity contribution in [2.75, 3.05) is 18.6 Å². The molecule has 6 heteroatoms. The number of hydrogen-bond donors (Lipinski definition) is 1. The Labute approximate surface area is 98.1 Å². The molecule has 0 spiro atoms. The fourth-order valence-electron chi connectivity index (χ4n) is 1.02. The van der Waals surface area contributed by atoms with E-state index in [9.17, 15) is 4.79 Å². The molecule has 0 aromatic carbocycles. The number of rotatable bonds is 3. The van der Waals surface area contributed by atoms with Gasteiger partial charge >= 0.3 is 98.1 Å². The number of hydrogen-bond acceptors (Lipinski definition) is 5. The summed E-state index contributed by atoms with van der Waals surface area (Å²) in [5, 5.41) is 8.89. The van der Waals surface area contributed by atoms with E-state index in [0.717, 1.165) is 3.77 Å². The van der Waals surface area contributed by atoms with Gasteiger partial charge in [0.25, 0.3) is 0 Å². The predicted octanol–water partition coefficient (Wildman–Crippen LogP) is 1.10. The minimum atomic E-state index is -0.396. The zero-order valence-corrected chi connectivity index (χ0v) is 10.9. The Hall–Kier alpha value is -0.891. The number of ether oxygens (including phenoxy) is 1. The molecule has 0 amide bonds. The van der Waals surface area contributed by atoms with Crippen molar-refractivity contribution in [3.63, 3.8) is 0 Å². The van der Waals surface area contributed by atoms with E-state index in [-0.39, 0.29) is 14.5 Å². The van der Waals surface area contributed by atoms with Gasteiger partial charge in [-0.15, -0.1) is 0 Å². The third kappa shape index (κ3) is 2.37. The van der Waals surface area contributed by atoms with Gasteiger partial charge in [0.1, 0.15) is 0 Å². The van der Waals surface area contributed by atoms with Crippen LogP contribution in [0.1, 0.15) is 21.7 Å². The van der Waals surface area contributed by atoms with Gasteiger partial charge in [-0.1, -0.05) is 0 Å². The normalized spacial score (nSPS) is 9.67. The molecular formula is C9H10N2O2SSe. The zero-order chi connectivity index (χ0) is 11.4. The fraction of sp³-hybridized carbons (Fsp3) is 0.333. The summed E-state index contributed by atoms with van der Waals surface area (Å²) in [5.74, 6) is -0.396. The average Bonchev–Trinajstić information content (AvgIpc) is 2.55. The number of carbonyl (C=O) groups is 1. The minimum absolute atomic E-state index is 0.180. The van der Waals surface area contributed by atoms with Gasteiger partial charge in [-0.25, -0.2) is 0 Å². The van der Waals surface area contributed by atoms with Crippen LogP contribution < -0.4 is 5.73 Å². The van der Waals surface area contributed by atoms with Gasteiger partial charge in [0.15, 0.2) is 0 Å². The molecule has 0 aliphatic carbocycles. The first-order chi connectivity index (χ1) is 7.15. The van der Waals surface area contributed by atoms with Crippen LogP contribution in [0.3, 0.4) is 0 Å². The molecule has 0 aliphatic heterocycles. The Morgan fingerprint density at radius 2 is 2.40 bits per heavy atom. The van der Waals surface area contributed by atoms with Crippen molar-refractivity contribution in [1.82, 2.24) is 0 Å². The molecule has 4 nitrogen and oxygen atoms in total. The first-order valence-electron chi connectivity index (χ1n) is 4.19. The maximum atomic E-state index is 11.5. The SMILES string of the molecule is CCOC(=O)c1[se]c(SC)c(C#N)c1N. The van der Waals surface area contributed by atoms with Crippen LogP contribution in [0.25, 0.3) is 0 Å². The quantitative estimate of drug-likeness (QED) is 0.512. The van der Waals surface area contributed by atoms with Crippen LogP contribution in [0.2, 0.25) is 0 Å². The van der Waals surface area contributed by atoms with Gasteiger partial charge in [-0.05, 0) is 0 Å². The van der Waals surface area contributed by atoms with Gasteiger partial charge in [-0.3, -0.25) is 0 Å². The van der Waals surface area contributed by atoms with Crippen molar-refractivity contribution in [2.24, 2.45) is 0 Å². The second kappa shape index (κ2) is 5.26. The van der Waals surface area contributed by atoms with Crippen molar-refractivity contribution in [2.45, 2.75) is 10.7 Å². The molecule has 0 fully saturated rings.